The maximum Gasteiger partial charge on any atom is 0.323 e. The largest absolute Gasteiger partial charge is 0.387 e. The normalized spacial score (nSPS) is 18.6. The summed E-state index contributed by atoms with van der Waals surface area (Å²) in [7, 11) is 1.61. The molecule has 0 saturated carbocycles. The zero-order chi connectivity index (χ0) is 17.1. The molecule has 0 spiro atoms. The first-order valence-electron chi connectivity index (χ1n) is 7.87. The zero-order valence-corrected chi connectivity index (χ0v) is 14.2. The van der Waals surface area contributed by atoms with Crippen LogP contribution in [0, 0.1) is 0 Å². The zero-order valence-electron chi connectivity index (χ0n) is 13.4. The fourth-order valence-corrected chi connectivity index (χ4v) is 3.68. The summed E-state index contributed by atoms with van der Waals surface area (Å²) >= 11 is 1.51. The lowest BCUT2D eigenvalue weighted by Gasteiger charge is -2.26. The van der Waals surface area contributed by atoms with Gasteiger partial charge in [-0.3, -0.25) is 10.1 Å². The predicted molar refractivity (Wildman–Crippen MR) is 92.1 cm³/mol. The molecule has 1 saturated heterocycles. The fraction of sp³-hybridized carbons (Fsp3) is 0.438. The lowest BCUT2D eigenvalue weighted by atomic mass is 10.1. The number of likely N-dealkylation sites (tertiary alicyclic amines) is 1. The highest BCUT2D eigenvalue weighted by Crippen LogP contribution is 2.29. The van der Waals surface area contributed by atoms with Gasteiger partial charge in [0, 0.05) is 36.9 Å². The van der Waals surface area contributed by atoms with E-state index >= 15 is 0 Å². The number of anilines is 1. The van der Waals surface area contributed by atoms with Crippen molar-refractivity contribution in [3.05, 3.63) is 45.1 Å². The number of carbonyl (C=O) groups excluding carboxylic acids is 1. The van der Waals surface area contributed by atoms with Gasteiger partial charge in [-0.1, -0.05) is 6.07 Å². The second-order valence-corrected chi connectivity index (χ2v) is 6.86. The number of hydrogen-bond donors (Lipinski definition) is 2. The minimum Gasteiger partial charge on any atom is -0.387 e. The van der Waals surface area contributed by atoms with Crippen LogP contribution in [0.15, 0.2) is 34.7 Å². The molecular weight excluding hydrogens is 328 g/mol. The van der Waals surface area contributed by atoms with Crippen molar-refractivity contribution in [3.63, 3.8) is 0 Å². The number of nitrogens with one attached hydrogen (secondary N) is 1. The van der Waals surface area contributed by atoms with Gasteiger partial charge in [0.05, 0.1) is 6.10 Å². The molecule has 3 heterocycles. The van der Waals surface area contributed by atoms with Crippen LogP contribution in [0.3, 0.4) is 0 Å². The van der Waals surface area contributed by atoms with Gasteiger partial charge in [0.1, 0.15) is 0 Å². The Hall–Kier alpha value is -2.19. The average molecular weight is 348 g/mol. The van der Waals surface area contributed by atoms with Gasteiger partial charge in [-0.15, -0.1) is 11.3 Å². The summed E-state index contributed by atoms with van der Waals surface area (Å²) in [6.45, 7) is 0.612. The number of hydrogen-bond acceptors (Lipinski definition) is 5. The first kappa shape index (κ1) is 16.7. The molecule has 7 nitrogen and oxygen atoms in total. The van der Waals surface area contributed by atoms with Crippen LogP contribution < -0.4 is 10.9 Å². The summed E-state index contributed by atoms with van der Waals surface area (Å²) < 4.78 is 1.37. The molecule has 0 unspecified atom stereocenters. The minimum absolute atomic E-state index is 0.0226. The lowest BCUT2D eigenvalue weighted by molar-refractivity contribution is 0.132. The number of thiophene rings is 1. The van der Waals surface area contributed by atoms with E-state index in [2.05, 4.69) is 10.3 Å². The molecule has 0 aromatic carbocycles. The van der Waals surface area contributed by atoms with Gasteiger partial charge >= 0.3 is 6.03 Å². The number of aromatic nitrogens is 2. The second-order valence-electron chi connectivity index (χ2n) is 5.88. The van der Waals surface area contributed by atoms with Crippen molar-refractivity contribution in [3.8, 4) is 0 Å². The number of carbonyl (C=O) groups is 1. The molecule has 8 heteroatoms. The summed E-state index contributed by atoms with van der Waals surface area (Å²) in [4.78, 5) is 31.0. The number of aliphatic hydroxyl groups is 1. The van der Waals surface area contributed by atoms with Crippen LogP contribution in [-0.4, -0.2) is 38.2 Å². The van der Waals surface area contributed by atoms with Gasteiger partial charge < -0.3 is 14.6 Å². The van der Waals surface area contributed by atoms with Crippen molar-refractivity contribution in [2.45, 2.75) is 31.4 Å². The van der Waals surface area contributed by atoms with Crippen molar-refractivity contribution < 1.29 is 9.90 Å². The Balaban J connectivity index is 1.67. The van der Waals surface area contributed by atoms with Gasteiger partial charge in [0.15, 0.2) is 0 Å². The van der Waals surface area contributed by atoms with Crippen LogP contribution in [0.25, 0.3) is 0 Å². The van der Waals surface area contributed by atoms with Gasteiger partial charge in [0.25, 0.3) is 5.56 Å². The topological polar surface area (TPSA) is 87.5 Å². The Kier molecular flexibility index (Phi) is 4.96. The predicted octanol–water partition coefficient (Wildman–Crippen LogP) is 1.96. The maximum absolute atomic E-state index is 12.5. The number of aryl methyl sites for hydroxylation is 1. The van der Waals surface area contributed by atoms with Crippen LogP contribution >= 0.6 is 11.3 Å². The average Bonchev–Trinajstić information content (AvgIpc) is 3.23. The molecule has 1 aliphatic heterocycles. The smallest absolute Gasteiger partial charge is 0.323 e. The lowest BCUT2D eigenvalue weighted by Crippen LogP contribution is -2.41. The second kappa shape index (κ2) is 7.14. The van der Waals surface area contributed by atoms with E-state index in [1.165, 1.54) is 28.3 Å². The third-order valence-corrected chi connectivity index (χ3v) is 5.22. The van der Waals surface area contributed by atoms with E-state index in [4.69, 9.17) is 0 Å². The monoisotopic (exact) mass is 348 g/mol. The number of amides is 2. The van der Waals surface area contributed by atoms with Gasteiger partial charge in [-0.25, -0.2) is 9.78 Å². The molecular formula is C16H20N4O3S. The van der Waals surface area contributed by atoms with Crippen LogP contribution in [0.1, 0.15) is 30.2 Å². The highest BCUT2D eigenvalue weighted by Gasteiger charge is 2.31. The summed E-state index contributed by atoms with van der Waals surface area (Å²) in [6.07, 6.45) is 4.65. The number of nitrogens with zero attached hydrogens (tertiary/aromatic N) is 3. The van der Waals surface area contributed by atoms with Crippen molar-refractivity contribution in [2.24, 2.45) is 7.05 Å². The summed E-state index contributed by atoms with van der Waals surface area (Å²) in [6, 6.07) is 3.41. The van der Waals surface area contributed by atoms with Crippen LogP contribution in [0.4, 0.5) is 10.6 Å². The molecule has 3 rings (SSSR count). The fourth-order valence-electron chi connectivity index (χ4n) is 2.96. The highest BCUT2D eigenvalue weighted by molar-refractivity contribution is 7.10. The molecule has 0 radical (unpaired) electrons. The van der Waals surface area contributed by atoms with Gasteiger partial charge in [-0.2, -0.15) is 0 Å². The number of rotatable bonds is 4. The van der Waals surface area contributed by atoms with E-state index in [-0.39, 0.29) is 23.5 Å². The van der Waals surface area contributed by atoms with E-state index in [1.807, 2.05) is 17.5 Å². The third-order valence-electron chi connectivity index (χ3n) is 4.25. The van der Waals surface area contributed by atoms with Crippen molar-refractivity contribution in [1.29, 1.82) is 0 Å². The Bertz CT molecular complexity index is 759. The molecule has 24 heavy (non-hydrogen) atoms. The summed E-state index contributed by atoms with van der Waals surface area (Å²) in [5, 5.41) is 14.8. The molecule has 2 N–H and O–H groups in total. The Morgan fingerprint density at radius 3 is 3.17 bits per heavy atom. The first-order valence-corrected chi connectivity index (χ1v) is 8.75. The molecule has 0 aliphatic carbocycles. The Labute approximate surface area is 143 Å². The Morgan fingerprint density at radius 2 is 2.42 bits per heavy atom. The van der Waals surface area contributed by atoms with E-state index in [9.17, 15) is 14.7 Å². The standard InChI is InChI=1S/C16H20N4O3S/c1-19-8-6-17-14(15(19)22)18-16(23)20-7-2-4-11(20)10-12(21)13-5-3-9-24-13/h3,5-6,8-9,11-12,21H,2,4,7,10H2,1H3,(H,17,18,23)/t11-,12+/m1/s1. The quantitative estimate of drug-likeness (QED) is 0.884. The number of aliphatic hydroxyl groups excluding tert-OH is 1. The summed E-state index contributed by atoms with van der Waals surface area (Å²) in [5.74, 6) is 0.0226. The van der Waals surface area contributed by atoms with E-state index in [0.717, 1.165) is 17.7 Å². The van der Waals surface area contributed by atoms with Gasteiger partial charge in [-0.05, 0) is 30.7 Å². The van der Waals surface area contributed by atoms with Crippen molar-refractivity contribution in [2.75, 3.05) is 11.9 Å². The third kappa shape index (κ3) is 3.49. The molecule has 2 aromatic rings. The van der Waals surface area contributed by atoms with Crippen molar-refractivity contribution in [1.82, 2.24) is 14.5 Å². The maximum atomic E-state index is 12.5. The molecule has 128 valence electrons. The first-order chi connectivity index (χ1) is 11.6. The Morgan fingerprint density at radius 1 is 1.58 bits per heavy atom. The molecule has 2 aromatic heterocycles. The van der Waals surface area contributed by atoms with Crippen LogP contribution in [0.2, 0.25) is 0 Å². The molecule has 2 atom stereocenters. The number of urea groups is 1. The van der Waals surface area contributed by atoms with Gasteiger partial charge in [0.2, 0.25) is 5.82 Å². The van der Waals surface area contributed by atoms with Crippen molar-refractivity contribution >= 4 is 23.2 Å². The van der Waals surface area contributed by atoms with E-state index < -0.39 is 6.10 Å². The SMILES string of the molecule is Cn1ccnc(NC(=O)N2CCC[C@@H]2C[C@H](O)c2cccs2)c1=O. The molecule has 2 amide bonds. The van der Waals surface area contributed by atoms with E-state index in [0.29, 0.717) is 13.0 Å². The van der Waals surface area contributed by atoms with Crippen LogP contribution in [0.5, 0.6) is 0 Å². The van der Waals surface area contributed by atoms with E-state index in [1.54, 1.807) is 11.9 Å². The van der Waals surface area contributed by atoms with Crippen LogP contribution in [-0.2, 0) is 7.05 Å². The molecule has 0 bridgehead atoms. The minimum atomic E-state index is -0.578. The summed E-state index contributed by atoms with van der Waals surface area (Å²) in [5.41, 5.74) is -0.347. The molecule has 1 aliphatic rings. The highest BCUT2D eigenvalue weighted by atomic mass is 32.1. The molecule has 1 fully saturated rings.